The Balaban J connectivity index is 2.47. The second-order valence-electron chi connectivity index (χ2n) is 6.02. The van der Waals surface area contributed by atoms with E-state index in [1.165, 1.54) is 0 Å². The number of hydrogen-bond donors (Lipinski definition) is 0. The molecule has 0 unspecified atom stereocenters. The maximum Gasteiger partial charge on any atom is 0.243 e. The van der Waals surface area contributed by atoms with Crippen LogP contribution < -0.4 is 4.74 Å². The van der Waals surface area contributed by atoms with Gasteiger partial charge in [0.15, 0.2) is 0 Å². The number of rotatable bonds is 4. The molecular formula is C17H27NO3S. The van der Waals surface area contributed by atoms with Gasteiger partial charge in [0.25, 0.3) is 0 Å². The first-order valence-electron chi connectivity index (χ1n) is 8.13. The van der Waals surface area contributed by atoms with Crippen LogP contribution in [0.5, 0.6) is 5.75 Å². The minimum atomic E-state index is -3.41. The number of benzene rings is 1. The van der Waals surface area contributed by atoms with Gasteiger partial charge in [0, 0.05) is 13.1 Å². The van der Waals surface area contributed by atoms with Crippen LogP contribution in [0.15, 0.2) is 11.0 Å². The highest BCUT2D eigenvalue weighted by atomic mass is 32.2. The highest BCUT2D eigenvalue weighted by Crippen LogP contribution is 2.33. The van der Waals surface area contributed by atoms with Crippen LogP contribution in [0.1, 0.15) is 49.3 Å². The van der Waals surface area contributed by atoms with Crippen molar-refractivity contribution in [3.05, 3.63) is 22.8 Å². The van der Waals surface area contributed by atoms with E-state index in [0.717, 1.165) is 48.1 Å². The Kier molecular flexibility index (Phi) is 5.50. The van der Waals surface area contributed by atoms with Crippen molar-refractivity contribution in [3.63, 3.8) is 0 Å². The van der Waals surface area contributed by atoms with E-state index in [-0.39, 0.29) is 0 Å². The standard InChI is InChI=1S/C17H27NO3S/c1-5-21-17-13(2)12-16(14(3)15(17)4)22(19,20)18-10-8-6-7-9-11-18/h12H,5-11H2,1-4H3. The first-order valence-corrected chi connectivity index (χ1v) is 9.57. The maximum absolute atomic E-state index is 13.0. The molecule has 2 rings (SSSR count). The van der Waals surface area contributed by atoms with E-state index in [0.29, 0.717) is 24.6 Å². The Hall–Kier alpha value is -1.07. The van der Waals surface area contributed by atoms with Crippen LogP contribution in [0.3, 0.4) is 0 Å². The van der Waals surface area contributed by atoms with Crippen LogP contribution in [0.25, 0.3) is 0 Å². The predicted octanol–water partition coefficient (Wildman–Crippen LogP) is 3.58. The van der Waals surface area contributed by atoms with Gasteiger partial charge in [-0.3, -0.25) is 0 Å². The number of sulfonamides is 1. The molecule has 0 N–H and O–H groups in total. The lowest BCUT2D eigenvalue weighted by Crippen LogP contribution is -2.32. The van der Waals surface area contributed by atoms with Crippen LogP contribution >= 0.6 is 0 Å². The van der Waals surface area contributed by atoms with Gasteiger partial charge in [0.05, 0.1) is 11.5 Å². The molecular weight excluding hydrogens is 298 g/mol. The summed E-state index contributed by atoms with van der Waals surface area (Å²) < 4.78 is 33.4. The summed E-state index contributed by atoms with van der Waals surface area (Å²) in [5.74, 6) is 0.815. The highest BCUT2D eigenvalue weighted by molar-refractivity contribution is 7.89. The normalized spacial score (nSPS) is 17.3. The second-order valence-corrected chi connectivity index (χ2v) is 7.93. The van der Waals surface area contributed by atoms with E-state index in [2.05, 4.69) is 0 Å². The summed E-state index contributed by atoms with van der Waals surface area (Å²) in [5, 5.41) is 0. The minimum absolute atomic E-state index is 0.438. The lowest BCUT2D eigenvalue weighted by atomic mass is 10.1. The summed E-state index contributed by atoms with van der Waals surface area (Å²) in [6.45, 7) is 9.52. The number of ether oxygens (including phenoxy) is 1. The van der Waals surface area contributed by atoms with Crippen molar-refractivity contribution in [2.24, 2.45) is 0 Å². The van der Waals surface area contributed by atoms with Gasteiger partial charge in [-0.25, -0.2) is 8.42 Å². The molecule has 0 spiro atoms. The minimum Gasteiger partial charge on any atom is -0.493 e. The smallest absolute Gasteiger partial charge is 0.243 e. The number of nitrogens with zero attached hydrogens (tertiary/aromatic N) is 1. The van der Waals surface area contributed by atoms with Gasteiger partial charge in [-0.2, -0.15) is 4.31 Å². The lowest BCUT2D eigenvalue weighted by molar-refractivity contribution is 0.334. The molecule has 1 aliphatic rings. The van der Waals surface area contributed by atoms with E-state index < -0.39 is 10.0 Å². The zero-order chi connectivity index (χ0) is 16.3. The Morgan fingerprint density at radius 3 is 2.18 bits per heavy atom. The molecule has 1 heterocycles. The monoisotopic (exact) mass is 325 g/mol. The SMILES string of the molecule is CCOc1c(C)cc(S(=O)(=O)N2CCCCCC2)c(C)c1C. The second kappa shape index (κ2) is 7.01. The predicted molar refractivity (Wildman–Crippen MR) is 89.0 cm³/mol. The summed E-state index contributed by atoms with van der Waals surface area (Å²) in [6, 6.07) is 1.77. The third-order valence-electron chi connectivity index (χ3n) is 4.45. The van der Waals surface area contributed by atoms with Gasteiger partial charge in [-0.1, -0.05) is 12.8 Å². The average molecular weight is 325 g/mol. The van der Waals surface area contributed by atoms with E-state index in [1.54, 1.807) is 10.4 Å². The van der Waals surface area contributed by atoms with Crippen LogP contribution in [0, 0.1) is 20.8 Å². The molecule has 0 bridgehead atoms. The van der Waals surface area contributed by atoms with Gasteiger partial charge in [-0.05, 0) is 63.3 Å². The Morgan fingerprint density at radius 1 is 1.05 bits per heavy atom. The molecule has 0 aliphatic carbocycles. The zero-order valence-corrected chi connectivity index (χ0v) is 14.9. The molecule has 1 saturated heterocycles. The summed E-state index contributed by atoms with van der Waals surface area (Å²) in [5.41, 5.74) is 2.62. The zero-order valence-electron chi connectivity index (χ0n) is 14.1. The van der Waals surface area contributed by atoms with Crippen LogP contribution in [-0.2, 0) is 10.0 Å². The van der Waals surface area contributed by atoms with Gasteiger partial charge < -0.3 is 4.74 Å². The molecule has 0 amide bonds. The molecule has 22 heavy (non-hydrogen) atoms. The molecule has 1 aromatic rings. The molecule has 0 aromatic heterocycles. The van der Waals surface area contributed by atoms with Crippen molar-refractivity contribution in [2.75, 3.05) is 19.7 Å². The molecule has 4 nitrogen and oxygen atoms in total. The van der Waals surface area contributed by atoms with Crippen molar-refractivity contribution >= 4 is 10.0 Å². The summed E-state index contributed by atoms with van der Waals surface area (Å²) >= 11 is 0. The first kappa shape index (κ1) is 17.3. The molecule has 1 aromatic carbocycles. The molecule has 1 fully saturated rings. The fourth-order valence-electron chi connectivity index (χ4n) is 3.08. The van der Waals surface area contributed by atoms with Crippen LogP contribution in [0.4, 0.5) is 0 Å². The van der Waals surface area contributed by atoms with E-state index in [9.17, 15) is 8.42 Å². The van der Waals surface area contributed by atoms with Crippen LogP contribution in [0.2, 0.25) is 0 Å². The van der Waals surface area contributed by atoms with Crippen LogP contribution in [-0.4, -0.2) is 32.4 Å². The Morgan fingerprint density at radius 2 is 1.64 bits per heavy atom. The topological polar surface area (TPSA) is 46.6 Å². The molecule has 5 heteroatoms. The average Bonchev–Trinajstić information content (AvgIpc) is 2.76. The first-order chi connectivity index (χ1) is 10.4. The molecule has 0 atom stereocenters. The van der Waals surface area contributed by atoms with Crippen molar-refractivity contribution in [1.82, 2.24) is 4.31 Å². The van der Waals surface area contributed by atoms with E-state index in [4.69, 9.17) is 4.74 Å². The summed E-state index contributed by atoms with van der Waals surface area (Å²) in [4.78, 5) is 0.438. The van der Waals surface area contributed by atoms with Crippen molar-refractivity contribution < 1.29 is 13.2 Å². The van der Waals surface area contributed by atoms with Crippen molar-refractivity contribution in [3.8, 4) is 5.75 Å². The van der Waals surface area contributed by atoms with Gasteiger partial charge in [0.2, 0.25) is 10.0 Å². The summed E-state index contributed by atoms with van der Waals surface area (Å²) in [6.07, 6.45) is 4.14. The molecule has 0 saturated carbocycles. The highest BCUT2D eigenvalue weighted by Gasteiger charge is 2.28. The molecule has 0 radical (unpaired) electrons. The molecule has 1 aliphatic heterocycles. The summed E-state index contributed by atoms with van der Waals surface area (Å²) in [7, 11) is -3.41. The third-order valence-corrected chi connectivity index (χ3v) is 6.47. The van der Waals surface area contributed by atoms with Crippen molar-refractivity contribution in [2.45, 2.75) is 58.3 Å². The van der Waals surface area contributed by atoms with Crippen molar-refractivity contribution in [1.29, 1.82) is 0 Å². The fourth-order valence-corrected chi connectivity index (χ4v) is 4.96. The largest absolute Gasteiger partial charge is 0.493 e. The lowest BCUT2D eigenvalue weighted by Gasteiger charge is -2.23. The van der Waals surface area contributed by atoms with Gasteiger partial charge >= 0.3 is 0 Å². The van der Waals surface area contributed by atoms with E-state index >= 15 is 0 Å². The number of hydrogen-bond acceptors (Lipinski definition) is 3. The molecule has 124 valence electrons. The Bertz CT molecular complexity index is 630. The van der Waals surface area contributed by atoms with Gasteiger partial charge in [0.1, 0.15) is 5.75 Å². The third kappa shape index (κ3) is 3.30. The quantitative estimate of drug-likeness (QED) is 0.850. The van der Waals surface area contributed by atoms with E-state index in [1.807, 2.05) is 27.7 Å². The maximum atomic E-state index is 13.0. The number of aryl methyl sites for hydroxylation is 1. The van der Waals surface area contributed by atoms with Gasteiger partial charge in [-0.15, -0.1) is 0 Å². The Labute approximate surface area is 134 Å². The fraction of sp³-hybridized carbons (Fsp3) is 0.647.